The minimum absolute atomic E-state index is 0.0185. The van der Waals surface area contributed by atoms with Gasteiger partial charge >= 0.3 is 0 Å². The first-order valence-electron chi connectivity index (χ1n) is 7.74. The average Bonchev–Trinajstić information content (AvgIpc) is 2.39. The van der Waals surface area contributed by atoms with Crippen LogP contribution in [0.4, 0.5) is 11.4 Å². The lowest BCUT2D eigenvalue weighted by molar-refractivity contribution is -0.384. The average molecular weight is 342 g/mol. The number of piperazine rings is 1. The van der Waals surface area contributed by atoms with E-state index in [2.05, 4.69) is 16.7 Å². The Morgan fingerprint density at radius 2 is 2.09 bits per heavy atom. The second kappa shape index (κ2) is 6.63. The van der Waals surface area contributed by atoms with Crippen LogP contribution in [0.5, 0.6) is 0 Å². The summed E-state index contributed by atoms with van der Waals surface area (Å²) >= 11 is 6.30. The highest BCUT2D eigenvalue weighted by Crippen LogP contribution is 2.35. The molecule has 1 fully saturated rings. The number of halogens is 1. The Kier molecular flexibility index (Phi) is 5.18. The van der Waals surface area contributed by atoms with Gasteiger partial charge in [-0.15, -0.1) is 0 Å². The highest BCUT2D eigenvalue weighted by atomic mass is 35.5. The van der Waals surface area contributed by atoms with E-state index >= 15 is 0 Å². The molecule has 0 aromatic heterocycles. The molecular weight excluding hydrogens is 318 g/mol. The molecular formula is C16H24ClN3O3. The summed E-state index contributed by atoms with van der Waals surface area (Å²) in [5.74, 6) is 0. The van der Waals surface area contributed by atoms with E-state index in [1.54, 1.807) is 6.07 Å². The molecule has 6 nitrogen and oxygen atoms in total. The van der Waals surface area contributed by atoms with Gasteiger partial charge in [-0.3, -0.25) is 15.0 Å². The number of hydrogen-bond donors (Lipinski definition) is 1. The van der Waals surface area contributed by atoms with Gasteiger partial charge in [-0.25, -0.2) is 0 Å². The summed E-state index contributed by atoms with van der Waals surface area (Å²) in [6, 6.07) is 3.24. The van der Waals surface area contributed by atoms with E-state index in [0.717, 1.165) is 30.9 Å². The zero-order valence-corrected chi connectivity index (χ0v) is 14.8. The fourth-order valence-electron chi connectivity index (χ4n) is 3.15. The lowest BCUT2D eigenvalue weighted by Crippen LogP contribution is -2.55. The number of β-amino-alcohol motifs (C(OH)–C–C–N with tert-alkyl or cyclic N) is 1. The number of nitro groups is 1. The van der Waals surface area contributed by atoms with Crippen molar-refractivity contribution in [2.24, 2.45) is 0 Å². The zero-order valence-electron chi connectivity index (χ0n) is 14.0. The molecule has 1 unspecified atom stereocenters. The van der Waals surface area contributed by atoms with Crippen LogP contribution in [-0.2, 0) is 0 Å². The van der Waals surface area contributed by atoms with Crippen LogP contribution in [0, 0.1) is 17.0 Å². The summed E-state index contributed by atoms with van der Waals surface area (Å²) in [6.07, 6.45) is 0. The van der Waals surface area contributed by atoms with E-state index in [-0.39, 0.29) is 11.7 Å². The van der Waals surface area contributed by atoms with Crippen molar-refractivity contribution in [1.29, 1.82) is 0 Å². The van der Waals surface area contributed by atoms with E-state index in [4.69, 9.17) is 11.6 Å². The van der Waals surface area contributed by atoms with Crippen LogP contribution in [0.2, 0.25) is 5.02 Å². The van der Waals surface area contributed by atoms with Crippen LogP contribution in [0.1, 0.15) is 26.3 Å². The molecule has 0 aliphatic carbocycles. The molecule has 0 saturated carbocycles. The van der Waals surface area contributed by atoms with Gasteiger partial charge < -0.3 is 10.0 Å². The number of aliphatic hydroxyl groups is 1. The van der Waals surface area contributed by atoms with Crippen molar-refractivity contribution in [3.05, 3.63) is 32.8 Å². The van der Waals surface area contributed by atoms with Gasteiger partial charge in [0.15, 0.2) is 0 Å². The van der Waals surface area contributed by atoms with Crippen molar-refractivity contribution >= 4 is 23.0 Å². The Labute approximate surface area is 141 Å². The molecule has 128 valence electrons. The molecule has 0 amide bonds. The van der Waals surface area contributed by atoms with Crippen LogP contribution in [0.3, 0.4) is 0 Å². The summed E-state index contributed by atoms with van der Waals surface area (Å²) in [6.45, 7) is 10.6. The first-order valence-corrected chi connectivity index (χ1v) is 8.12. The predicted octanol–water partition coefficient (Wildman–Crippen LogP) is 2.84. The lowest BCUT2D eigenvalue weighted by Gasteiger charge is -2.43. The molecule has 1 atom stereocenters. The smallest absolute Gasteiger partial charge is 0.271 e. The maximum atomic E-state index is 10.9. The SMILES string of the molecule is Cc1cc([N+](=O)[O-])cc(Cl)c1N1CCN(CC(C)(C)O)C(C)C1. The number of aryl methyl sites for hydroxylation is 1. The molecule has 0 spiro atoms. The maximum Gasteiger partial charge on any atom is 0.271 e. The first-order chi connectivity index (χ1) is 10.6. The maximum absolute atomic E-state index is 10.9. The molecule has 1 aromatic rings. The predicted molar refractivity (Wildman–Crippen MR) is 92.4 cm³/mol. The molecule has 1 aliphatic heterocycles. The van der Waals surface area contributed by atoms with Gasteiger partial charge in [0, 0.05) is 44.4 Å². The van der Waals surface area contributed by atoms with Crippen molar-refractivity contribution < 1.29 is 10.0 Å². The summed E-state index contributed by atoms with van der Waals surface area (Å²) < 4.78 is 0. The third-order valence-corrected chi connectivity index (χ3v) is 4.41. The van der Waals surface area contributed by atoms with Crippen LogP contribution >= 0.6 is 11.6 Å². The number of nitrogens with zero attached hydrogens (tertiary/aromatic N) is 3. The van der Waals surface area contributed by atoms with Gasteiger partial charge in [-0.1, -0.05) is 11.6 Å². The molecule has 1 aromatic carbocycles. The largest absolute Gasteiger partial charge is 0.389 e. The summed E-state index contributed by atoms with van der Waals surface area (Å²) in [4.78, 5) is 14.9. The number of non-ortho nitro benzene ring substituents is 1. The Hall–Kier alpha value is -1.37. The van der Waals surface area contributed by atoms with E-state index in [1.807, 2.05) is 20.8 Å². The molecule has 0 bridgehead atoms. The second-order valence-corrected chi connectivity index (χ2v) is 7.34. The summed E-state index contributed by atoms with van der Waals surface area (Å²) in [7, 11) is 0. The van der Waals surface area contributed by atoms with Gasteiger partial charge in [0.25, 0.3) is 5.69 Å². The molecule has 2 rings (SSSR count). The summed E-state index contributed by atoms with van der Waals surface area (Å²) in [5.41, 5.74) is 0.974. The van der Waals surface area contributed by atoms with E-state index in [0.29, 0.717) is 11.6 Å². The molecule has 0 radical (unpaired) electrons. The Balaban J connectivity index is 2.18. The molecule has 23 heavy (non-hydrogen) atoms. The Morgan fingerprint density at radius 3 is 2.57 bits per heavy atom. The number of nitro benzene ring substituents is 1. The van der Waals surface area contributed by atoms with Crippen molar-refractivity contribution in [2.45, 2.75) is 39.3 Å². The second-order valence-electron chi connectivity index (χ2n) is 6.93. The molecule has 1 heterocycles. The van der Waals surface area contributed by atoms with Crippen LogP contribution in [0.15, 0.2) is 12.1 Å². The number of hydrogen-bond acceptors (Lipinski definition) is 5. The van der Waals surface area contributed by atoms with Crippen molar-refractivity contribution in [3.8, 4) is 0 Å². The number of anilines is 1. The first kappa shape index (κ1) is 18.0. The molecule has 1 N–H and O–H groups in total. The monoisotopic (exact) mass is 341 g/mol. The normalized spacial score (nSPS) is 19.9. The van der Waals surface area contributed by atoms with E-state index in [1.165, 1.54) is 6.07 Å². The quantitative estimate of drug-likeness (QED) is 0.673. The summed E-state index contributed by atoms with van der Waals surface area (Å²) in [5, 5.41) is 21.3. The Bertz CT molecular complexity index is 578. The molecule has 7 heteroatoms. The zero-order chi connectivity index (χ0) is 17.4. The van der Waals surface area contributed by atoms with E-state index < -0.39 is 10.5 Å². The standard InChI is InChI=1S/C16H24ClN3O3/c1-11-7-13(20(22)23)8-14(17)15(11)18-5-6-19(12(2)9-18)10-16(3,4)21/h7-8,12,21H,5-6,9-10H2,1-4H3. The minimum Gasteiger partial charge on any atom is -0.389 e. The highest BCUT2D eigenvalue weighted by molar-refractivity contribution is 6.33. The number of benzene rings is 1. The van der Waals surface area contributed by atoms with Crippen molar-refractivity contribution in [2.75, 3.05) is 31.1 Å². The lowest BCUT2D eigenvalue weighted by atomic mass is 10.1. The van der Waals surface area contributed by atoms with Gasteiger partial charge in [0.1, 0.15) is 0 Å². The van der Waals surface area contributed by atoms with Gasteiger partial charge in [0.05, 0.1) is 21.2 Å². The van der Waals surface area contributed by atoms with Gasteiger partial charge in [0.2, 0.25) is 0 Å². The van der Waals surface area contributed by atoms with Gasteiger partial charge in [-0.2, -0.15) is 0 Å². The molecule has 1 saturated heterocycles. The van der Waals surface area contributed by atoms with Crippen molar-refractivity contribution in [3.63, 3.8) is 0 Å². The third-order valence-electron chi connectivity index (χ3n) is 4.12. The van der Waals surface area contributed by atoms with Crippen LogP contribution < -0.4 is 4.90 Å². The van der Waals surface area contributed by atoms with Crippen LogP contribution in [0.25, 0.3) is 0 Å². The van der Waals surface area contributed by atoms with Gasteiger partial charge in [-0.05, 0) is 33.3 Å². The topological polar surface area (TPSA) is 69.9 Å². The van der Waals surface area contributed by atoms with E-state index in [9.17, 15) is 15.2 Å². The number of rotatable bonds is 4. The Morgan fingerprint density at radius 1 is 1.43 bits per heavy atom. The highest BCUT2D eigenvalue weighted by Gasteiger charge is 2.29. The fraction of sp³-hybridized carbons (Fsp3) is 0.625. The molecule has 1 aliphatic rings. The third kappa shape index (κ3) is 4.34. The fourth-order valence-corrected chi connectivity index (χ4v) is 3.53. The van der Waals surface area contributed by atoms with Crippen LogP contribution in [-0.4, -0.2) is 52.8 Å². The minimum atomic E-state index is -0.725. The van der Waals surface area contributed by atoms with Crippen molar-refractivity contribution in [1.82, 2.24) is 4.90 Å².